The number of fused-ring (bicyclic) bond motifs is 3. The van der Waals surface area contributed by atoms with Gasteiger partial charge in [-0.15, -0.1) is 0 Å². The van der Waals surface area contributed by atoms with E-state index in [0.29, 0.717) is 12.1 Å². The average molecular weight is 359 g/mol. The summed E-state index contributed by atoms with van der Waals surface area (Å²) in [5.74, 6) is -0.770. The summed E-state index contributed by atoms with van der Waals surface area (Å²) in [7, 11) is 0. The highest BCUT2D eigenvalue weighted by molar-refractivity contribution is 6.05. The third kappa shape index (κ3) is 2.91. The van der Waals surface area contributed by atoms with Crippen LogP contribution in [0.3, 0.4) is 0 Å². The van der Waals surface area contributed by atoms with Gasteiger partial charge in [0.15, 0.2) is 0 Å². The van der Waals surface area contributed by atoms with Crippen molar-refractivity contribution >= 4 is 22.6 Å². The van der Waals surface area contributed by atoms with Crippen molar-refractivity contribution in [2.75, 3.05) is 6.54 Å². The standard InChI is InChI=1S/C21H17N3O3/c1-12(20(22)26)10-24-11-18-16(21(24)27)6-4-13-2-3-14(8-17(13)18)15-5-7-19(25)23-9-15/h2-9H,1,10-11H2,(H2,22,26)(H,23,25). The zero-order chi connectivity index (χ0) is 19.1. The van der Waals surface area contributed by atoms with Crippen LogP contribution < -0.4 is 5.73 Å². The van der Waals surface area contributed by atoms with E-state index in [-0.39, 0.29) is 23.9 Å². The molecule has 1 aliphatic heterocycles. The van der Waals surface area contributed by atoms with Crippen molar-refractivity contribution in [1.82, 2.24) is 9.88 Å². The lowest BCUT2D eigenvalue weighted by Crippen LogP contribution is -2.30. The maximum Gasteiger partial charge on any atom is 0.254 e. The van der Waals surface area contributed by atoms with Crippen molar-refractivity contribution in [2.24, 2.45) is 5.73 Å². The molecule has 0 fully saturated rings. The Kier molecular flexibility index (Phi) is 3.88. The molecule has 2 aromatic carbocycles. The van der Waals surface area contributed by atoms with E-state index in [9.17, 15) is 14.7 Å². The van der Waals surface area contributed by atoms with Gasteiger partial charge in [0.1, 0.15) is 0 Å². The van der Waals surface area contributed by atoms with E-state index in [4.69, 9.17) is 5.73 Å². The molecule has 0 saturated heterocycles. The minimum Gasteiger partial charge on any atom is -0.493 e. The van der Waals surface area contributed by atoms with Crippen LogP contribution in [0.4, 0.5) is 0 Å². The topological polar surface area (TPSA) is 96.5 Å². The highest BCUT2D eigenvalue weighted by Gasteiger charge is 2.29. The molecule has 0 bridgehead atoms. The molecule has 1 aromatic heterocycles. The van der Waals surface area contributed by atoms with E-state index in [0.717, 1.165) is 27.5 Å². The number of aromatic nitrogens is 1. The van der Waals surface area contributed by atoms with Crippen LogP contribution in [0.25, 0.3) is 21.9 Å². The van der Waals surface area contributed by atoms with Crippen molar-refractivity contribution in [2.45, 2.75) is 6.54 Å². The van der Waals surface area contributed by atoms with Crippen LogP contribution in [-0.2, 0) is 11.3 Å². The molecule has 0 spiro atoms. The fourth-order valence-electron chi connectivity index (χ4n) is 3.36. The minimum atomic E-state index is -0.606. The molecule has 0 saturated carbocycles. The largest absolute Gasteiger partial charge is 0.493 e. The van der Waals surface area contributed by atoms with Crippen LogP contribution >= 0.6 is 0 Å². The van der Waals surface area contributed by atoms with Gasteiger partial charge in [0, 0.05) is 35.5 Å². The minimum absolute atomic E-state index is 0.0312. The highest BCUT2D eigenvalue weighted by Crippen LogP contribution is 2.33. The Balaban J connectivity index is 1.76. The van der Waals surface area contributed by atoms with E-state index in [1.54, 1.807) is 17.2 Å². The number of aromatic hydroxyl groups is 1. The fourth-order valence-corrected chi connectivity index (χ4v) is 3.36. The van der Waals surface area contributed by atoms with Crippen molar-refractivity contribution in [1.29, 1.82) is 0 Å². The van der Waals surface area contributed by atoms with Crippen molar-refractivity contribution in [3.8, 4) is 17.0 Å². The van der Waals surface area contributed by atoms with Gasteiger partial charge in [0.05, 0.1) is 6.54 Å². The Morgan fingerprint density at radius 3 is 2.63 bits per heavy atom. The summed E-state index contributed by atoms with van der Waals surface area (Å²) in [5.41, 5.74) is 8.81. The molecule has 134 valence electrons. The molecule has 27 heavy (non-hydrogen) atoms. The summed E-state index contributed by atoms with van der Waals surface area (Å²) in [6, 6.07) is 13.0. The Labute approximate surface area is 155 Å². The van der Waals surface area contributed by atoms with E-state index in [1.165, 1.54) is 6.07 Å². The maximum absolute atomic E-state index is 12.7. The number of rotatable bonds is 4. The summed E-state index contributed by atoms with van der Waals surface area (Å²) in [6.07, 6.45) is 1.61. The second-order valence-corrected chi connectivity index (χ2v) is 6.56. The van der Waals surface area contributed by atoms with E-state index < -0.39 is 5.91 Å². The summed E-state index contributed by atoms with van der Waals surface area (Å²) in [5, 5.41) is 11.4. The molecule has 0 aliphatic carbocycles. The van der Waals surface area contributed by atoms with Gasteiger partial charge in [-0.1, -0.05) is 24.8 Å². The first-order valence-electron chi connectivity index (χ1n) is 8.42. The molecule has 0 radical (unpaired) electrons. The monoisotopic (exact) mass is 359 g/mol. The summed E-state index contributed by atoms with van der Waals surface area (Å²) < 4.78 is 0. The summed E-state index contributed by atoms with van der Waals surface area (Å²) in [4.78, 5) is 29.4. The van der Waals surface area contributed by atoms with Gasteiger partial charge in [-0.05, 0) is 40.1 Å². The van der Waals surface area contributed by atoms with Crippen LogP contribution in [0.5, 0.6) is 5.88 Å². The van der Waals surface area contributed by atoms with Gasteiger partial charge >= 0.3 is 0 Å². The van der Waals surface area contributed by atoms with Crippen LogP contribution in [-0.4, -0.2) is 33.3 Å². The lowest BCUT2D eigenvalue weighted by atomic mass is 9.97. The smallest absolute Gasteiger partial charge is 0.254 e. The molecule has 2 heterocycles. The molecule has 6 nitrogen and oxygen atoms in total. The van der Waals surface area contributed by atoms with Crippen LogP contribution in [0.15, 0.2) is 60.8 Å². The fraction of sp³-hybridized carbons (Fsp3) is 0.0952. The van der Waals surface area contributed by atoms with Gasteiger partial charge < -0.3 is 15.7 Å². The number of nitrogens with two attached hydrogens (primary N) is 1. The molecule has 0 unspecified atom stereocenters. The normalized spacial score (nSPS) is 13.0. The first-order chi connectivity index (χ1) is 12.9. The SMILES string of the molecule is C=C(CN1Cc2c(ccc3ccc(-c4ccc(O)nc4)cc23)C1=O)C(N)=O. The number of carbonyl (C=O) groups is 2. The number of hydrogen-bond donors (Lipinski definition) is 2. The molecule has 3 aromatic rings. The molecular weight excluding hydrogens is 342 g/mol. The first-order valence-corrected chi connectivity index (χ1v) is 8.42. The lowest BCUT2D eigenvalue weighted by Gasteiger charge is -2.15. The Bertz CT molecular complexity index is 1100. The second kappa shape index (κ2) is 6.25. The predicted molar refractivity (Wildman–Crippen MR) is 102 cm³/mol. The van der Waals surface area contributed by atoms with Crippen molar-refractivity contribution in [3.63, 3.8) is 0 Å². The predicted octanol–water partition coefficient (Wildman–Crippen LogP) is 2.60. The van der Waals surface area contributed by atoms with Gasteiger partial charge in [0.25, 0.3) is 5.91 Å². The molecule has 3 N–H and O–H groups in total. The van der Waals surface area contributed by atoms with Gasteiger partial charge in [-0.2, -0.15) is 0 Å². The molecule has 1 aliphatic rings. The quantitative estimate of drug-likeness (QED) is 0.700. The third-order valence-electron chi connectivity index (χ3n) is 4.81. The first kappa shape index (κ1) is 16.8. The summed E-state index contributed by atoms with van der Waals surface area (Å²) in [6.45, 7) is 4.16. The van der Waals surface area contributed by atoms with E-state index >= 15 is 0 Å². The van der Waals surface area contributed by atoms with E-state index in [1.807, 2.05) is 30.3 Å². The van der Waals surface area contributed by atoms with Crippen molar-refractivity contribution < 1.29 is 14.7 Å². The molecule has 6 heteroatoms. The number of nitrogens with zero attached hydrogens (tertiary/aromatic N) is 2. The van der Waals surface area contributed by atoms with Gasteiger partial charge in [-0.25, -0.2) is 4.98 Å². The molecular formula is C21H17N3O3. The van der Waals surface area contributed by atoms with Crippen LogP contribution in [0.2, 0.25) is 0 Å². The number of primary amides is 1. The van der Waals surface area contributed by atoms with E-state index in [2.05, 4.69) is 11.6 Å². The Morgan fingerprint density at radius 2 is 1.93 bits per heavy atom. The van der Waals surface area contributed by atoms with Gasteiger partial charge in [-0.3, -0.25) is 9.59 Å². The molecule has 0 atom stereocenters. The Morgan fingerprint density at radius 1 is 1.19 bits per heavy atom. The highest BCUT2D eigenvalue weighted by atomic mass is 16.3. The number of carbonyl (C=O) groups excluding carboxylic acids is 2. The number of hydrogen-bond acceptors (Lipinski definition) is 4. The third-order valence-corrected chi connectivity index (χ3v) is 4.81. The lowest BCUT2D eigenvalue weighted by molar-refractivity contribution is -0.114. The van der Waals surface area contributed by atoms with Crippen LogP contribution in [0.1, 0.15) is 15.9 Å². The van der Waals surface area contributed by atoms with Crippen molar-refractivity contribution in [3.05, 3.63) is 71.9 Å². The second-order valence-electron chi connectivity index (χ2n) is 6.56. The zero-order valence-electron chi connectivity index (χ0n) is 14.5. The average Bonchev–Trinajstić information content (AvgIpc) is 2.98. The number of amides is 2. The Hall–Kier alpha value is -3.67. The zero-order valence-corrected chi connectivity index (χ0v) is 14.5. The van der Waals surface area contributed by atoms with Gasteiger partial charge in [0.2, 0.25) is 11.8 Å². The molecule has 2 amide bonds. The number of benzene rings is 2. The summed E-state index contributed by atoms with van der Waals surface area (Å²) >= 11 is 0. The maximum atomic E-state index is 12.7. The van der Waals surface area contributed by atoms with Crippen LogP contribution in [0, 0.1) is 0 Å². The molecule has 4 rings (SSSR count). The number of pyridine rings is 1.